The Morgan fingerprint density at radius 2 is 1.75 bits per heavy atom. The molecule has 0 atom stereocenters. The van der Waals surface area contributed by atoms with Gasteiger partial charge in [0.2, 0.25) is 0 Å². The zero-order valence-electron chi connectivity index (χ0n) is 20.7. The Kier molecular flexibility index (Phi) is 8.38. The third-order valence-corrected chi connectivity index (χ3v) is 6.78. The summed E-state index contributed by atoms with van der Waals surface area (Å²) in [5, 5.41) is 6.00. The SMILES string of the molecule is CC(C)=NC(=O)c1cccc(CN2CCN(C(=O)c3ccc(NC(=O)NC4CCC4)c(Cl)c3)CC2)c1. The molecule has 1 saturated carbocycles. The quantitative estimate of drug-likeness (QED) is 0.557. The van der Waals surface area contributed by atoms with Crippen LogP contribution in [0.4, 0.5) is 10.5 Å². The number of benzene rings is 2. The van der Waals surface area contributed by atoms with E-state index in [9.17, 15) is 14.4 Å². The Balaban J connectivity index is 1.29. The second kappa shape index (κ2) is 11.7. The first kappa shape index (κ1) is 25.9. The summed E-state index contributed by atoms with van der Waals surface area (Å²) in [6, 6.07) is 12.5. The topological polar surface area (TPSA) is 94.1 Å². The Bertz CT molecular complexity index is 1170. The molecule has 0 bridgehead atoms. The molecule has 1 aliphatic carbocycles. The van der Waals surface area contributed by atoms with Gasteiger partial charge in [0, 0.05) is 55.6 Å². The van der Waals surface area contributed by atoms with Crippen molar-refractivity contribution in [1.82, 2.24) is 15.1 Å². The molecular formula is C27H32ClN5O3. The first-order valence-corrected chi connectivity index (χ1v) is 12.7. The summed E-state index contributed by atoms with van der Waals surface area (Å²) in [5.41, 5.74) is 3.33. The number of hydrogen-bond acceptors (Lipinski definition) is 4. The lowest BCUT2D eigenvalue weighted by Crippen LogP contribution is -2.48. The second-order valence-electron chi connectivity index (χ2n) is 9.55. The van der Waals surface area contributed by atoms with E-state index in [0.717, 1.165) is 43.6 Å². The number of piperazine rings is 1. The maximum Gasteiger partial charge on any atom is 0.319 e. The monoisotopic (exact) mass is 509 g/mol. The van der Waals surface area contributed by atoms with Gasteiger partial charge in [-0.1, -0.05) is 23.7 Å². The number of carbonyl (C=O) groups excluding carboxylic acids is 3. The van der Waals surface area contributed by atoms with E-state index in [1.807, 2.05) is 23.1 Å². The van der Waals surface area contributed by atoms with E-state index < -0.39 is 0 Å². The van der Waals surface area contributed by atoms with Crippen LogP contribution in [0, 0.1) is 0 Å². The zero-order chi connectivity index (χ0) is 25.7. The molecule has 1 heterocycles. The van der Waals surface area contributed by atoms with Crippen molar-refractivity contribution in [1.29, 1.82) is 0 Å². The molecule has 36 heavy (non-hydrogen) atoms. The standard InChI is InChI=1S/C27H32ClN5O3/c1-18(2)29-25(34)20-6-3-5-19(15-20)17-32-11-13-33(14-12-32)26(35)21-9-10-24(23(28)16-21)31-27(36)30-22-7-4-8-22/h3,5-6,9-10,15-16,22H,4,7-8,11-14,17H2,1-2H3,(H2,30,31,36). The van der Waals surface area contributed by atoms with E-state index in [0.29, 0.717) is 41.5 Å². The highest BCUT2D eigenvalue weighted by atomic mass is 35.5. The minimum absolute atomic E-state index is 0.0811. The molecule has 2 N–H and O–H groups in total. The molecule has 0 unspecified atom stereocenters. The van der Waals surface area contributed by atoms with Gasteiger partial charge in [-0.25, -0.2) is 9.79 Å². The number of anilines is 1. The maximum absolute atomic E-state index is 13.0. The molecule has 8 nitrogen and oxygen atoms in total. The summed E-state index contributed by atoms with van der Waals surface area (Å²) in [4.78, 5) is 45.5. The molecule has 4 rings (SSSR count). The predicted octanol–water partition coefficient (Wildman–Crippen LogP) is 4.59. The Morgan fingerprint density at radius 1 is 1.00 bits per heavy atom. The molecule has 0 radical (unpaired) electrons. The Labute approximate surface area is 216 Å². The number of aliphatic imine (C=N–C) groups is 1. The molecule has 4 amide bonds. The molecule has 2 aromatic carbocycles. The van der Waals surface area contributed by atoms with Gasteiger partial charge in [0.1, 0.15) is 0 Å². The highest BCUT2D eigenvalue weighted by Crippen LogP contribution is 2.25. The summed E-state index contributed by atoms with van der Waals surface area (Å²) >= 11 is 6.36. The fourth-order valence-electron chi connectivity index (χ4n) is 4.27. The summed E-state index contributed by atoms with van der Waals surface area (Å²) in [7, 11) is 0. The average molecular weight is 510 g/mol. The second-order valence-corrected chi connectivity index (χ2v) is 9.96. The number of hydrogen-bond donors (Lipinski definition) is 2. The van der Waals surface area contributed by atoms with Crippen LogP contribution in [0.25, 0.3) is 0 Å². The first-order valence-electron chi connectivity index (χ1n) is 12.3. The van der Waals surface area contributed by atoms with Crippen molar-refractivity contribution in [3.05, 3.63) is 64.2 Å². The molecule has 2 aliphatic rings. The Morgan fingerprint density at radius 3 is 2.39 bits per heavy atom. The third-order valence-electron chi connectivity index (χ3n) is 6.47. The third kappa shape index (κ3) is 6.71. The predicted molar refractivity (Wildman–Crippen MR) is 142 cm³/mol. The zero-order valence-corrected chi connectivity index (χ0v) is 21.5. The van der Waals surface area contributed by atoms with Crippen LogP contribution in [0.2, 0.25) is 5.02 Å². The summed E-state index contributed by atoms with van der Waals surface area (Å²) in [6.07, 6.45) is 3.14. The molecule has 0 spiro atoms. The lowest BCUT2D eigenvalue weighted by atomic mass is 9.93. The van der Waals surface area contributed by atoms with Crippen molar-refractivity contribution in [2.45, 2.75) is 45.7 Å². The van der Waals surface area contributed by atoms with Gasteiger partial charge >= 0.3 is 6.03 Å². The molecule has 1 saturated heterocycles. The summed E-state index contributed by atoms with van der Waals surface area (Å²) in [5.74, 6) is -0.312. The van der Waals surface area contributed by atoms with Crippen LogP contribution in [0.5, 0.6) is 0 Å². The van der Waals surface area contributed by atoms with Crippen molar-refractivity contribution in [3.63, 3.8) is 0 Å². The van der Waals surface area contributed by atoms with Crippen LogP contribution in [0.3, 0.4) is 0 Å². The summed E-state index contributed by atoms with van der Waals surface area (Å²) in [6.45, 7) is 6.95. The number of urea groups is 1. The Hall–Kier alpha value is -3.23. The lowest BCUT2D eigenvalue weighted by molar-refractivity contribution is 0.0628. The van der Waals surface area contributed by atoms with E-state index in [1.54, 1.807) is 38.1 Å². The number of carbonyl (C=O) groups is 3. The molecule has 2 aromatic rings. The highest BCUT2D eigenvalue weighted by molar-refractivity contribution is 6.34. The smallest absolute Gasteiger partial charge is 0.319 e. The van der Waals surface area contributed by atoms with Crippen LogP contribution in [-0.2, 0) is 6.54 Å². The largest absolute Gasteiger partial charge is 0.336 e. The minimum atomic E-state index is -0.278. The van der Waals surface area contributed by atoms with E-state index in [-0.39, 0.29) is 23.9 Å². The fourth-order valence-corrected chi connectivity index (χ4v) is 4.49. The van der Waals surface area contributed by atoms with Crippen LogP contribution < -0.4 is 10.6 Å². The maximum atomic E-state index is 13.0. The number of nitrogens with one attached hydrogen (secondary N) is 2. The van der Waals surface area contributed by atoms with Crippen molar-refractivity contribution >= 4 is 40.8 Å². The average Bonchev–Trinajstić information content (AvgIpc) is 2.82. The molecule has 0 aromatic heterocycles. The van der Waals surface area contributed by atoms with Crippen LogP contribution in [0.15, 0.2) is 47.5 Å². The van der Waals surface area contributed by atoms with Gasteiger partial charge in [0.15, 0.2) is 0 Å². The van der Waals surface area contributed by atoms with Gasteiger partial charge in [-0.05, 0) is 69.0 Å². The fraction of sp³-hybridized carbons (Fsp3) is 0.407. The van der Waals surface area contributed by atoms with Crippen LogP contribution in [-0.4, -0.2) is 65.6 Å². The molecule has 190 valence electrons. The van der Waals surface area contributed by atoms with E-state index in [4.69, 9.17) is 11.6 Å². The van der Waals surface area contributed by atoms with E-state index in [2.05, 4.69) is 20.5 Å². The van der Waals surface area contributed by atoms with Crippen molar-refractivity contribution in [2.24, 2.45) is 4.99 Å². The van der Waals surface area contributed by atoms with Crippen molar-refractivity contribution in [3.8, 4) is 0 Å². The molecular weight excluding hydrogens is 478 g/mol. The van der Waals surface area contributed by atoms with E-state index >= 15 is 0 Å². The highest BCUT2D eigenvalue weighted by Gasteiger charge is 2.24. The van der Waals surface area contributed by atoms with Crippen molar-refractivity contribution < 1.29 is 14.4 Å². The van der Waals surface area contributed by atoms with E-state index in [1.165, 1.54) is 0 Å². The van der Waals surface area contributed by atoms with Crippen LogP contribution in [0.1, 0.15) is 59.4 Å². The lowest BCUT2D eigenvalue weighted by Gasteiger charge is -2.35. The minimum Gasteiger partial charge on any atom is -0.336 e. The number of nitrogens with zero attached hydrogens (tertiary/aromatic N) is 3. The van der Waals surface area contributed by atoms with Gasteiger partial charge in [-0.2, -0.15) is 0 Å². The first-order chi connectivity index (χ1) is 17.3. The van der Waals surface area contributed by atoms with Crippen LogP contribution >= 0.6 is 11.6 Å². The number of amides is 4. The number of halogens is 1. The van der Waals surface area contributed by atoms with Gasteiger partial charge < -0.3 is 15.5 Å². The molecule has 9 heteroatoms. The summed E-state index contributed by atoms with van der Waals surface area (Å²) < 4.78 is 0. The van der Waals surface area contributed by atoms with Gasteiger partial charge in [0.05, 0.1) is 10.7 Å². The molecule has 2 fully saturated rings. The van der Waals surface area contributed by atoms with Gasteiger partial charge in [-0.15, -0.1) is 0 Å². The van der Waals surface area contributed by atoms with Gasteiger partial charge in [0.25, 0.3) is 11.8 Å². The normalized spacial score (nSPS) is 16.1. The van der Waals surface area contributed by atoms with Gasteiger partial charge in [-0.3, -0.25) is 14.5 Å². The number of rotatable bonds is 6. The molecule has 1 aliphatic heterocycles. The van der Waals surface area contributed by atoms with Crippen molar-refractivity contribution in [2.75, 3.05) is 31.5 Å².